The van der Waals surface area contributed by atoms with Crippen LogP contribution in [0.3, 0.4) is 0 Å². The Kier molecular flexibility index (Phi) is 4.23. The van der Waals surface area contributed by atoms with Crippen LogP contribution in [0.1, 0.15) is 39.0 Å². The summed E-state index contributed by atoms with van der Waals surface area (Å²) in [6.45, 7) is 1.39. The first kappa shape index (κ1) is 13.8. The predicted molar refractivity (Wildman–Crippen MR) is 52.1 cm³/mol. The Hall–Kier alpha value is -0.300. The van der Waals surface area contributed by atoms with Crippen LogP contribution in [0.15, 0.2) is 0 Å². The van der Waals surface area contributed by atoms with E-state index in [0.29, 0.717) is 0 Å². The lowest BCUT2D eigenvalue weighted by Gasteiger charge is -2.27. The summed E-state index contributed by atoms with van der Waals surface area (Å²) in [5.74, 6) is -0.0918. The van der Waals surface area contributed by atoms with E-state index in [1.807, 2.05) is 0 Å². The van der Waals surface area contributed by atoms with E-state index in [0.717, 1.165) is 32.1 Å². The molecule has 1 saturated carbocycles. The van der Waals surface area contributed by atoms with Crippen LogP contribution < -0.4 is 0 Å². The van der Waals surface area contributed by atoms with Gasteiger partial charge >= 0.3 is 15.6 Å². The van der Waals surface area contributed by atoms with E-state index >= 15 is 0 Å². The van der Waals surface area contributed by atoms with Crippen molar-refractivity contribution < 1.29 is 25.8 Å². The molecule has 0 bridgehead atoms. The van der Waals surface area contributed by atoms with Crippen molar-refractivity contribution in [1.82, 2.24) is 0 Å². The molecule has 1 rings (SSSR count). The molecule has 0 saturated heterocycles. The first-order valence-corrected chi connectivity index (χ1v) is 6.64. The van der Waals surface area contributed by atoms with Gasteiger partial charge in [0, 0.05) is 0 Å². The second-order valence-electron chi connectivity index (χ2n) is 4.10. The van der Waals surface area contributed by atoms with Gasteiger partial charge in [-0.25, -0.2) is 0 Å². The van der Waals surface area contributed by atoms with Gasteiger partial charge in [-0.1, -0.05) is 19.3 Å². The summed E-state index contributed by atoms with van der Waals surface area (Å²) in [5.41, 5.74) is -5.32. The molecule has 0 aromatic carbocycles. The molecule has 0 heterocycles. The average molecular weight is 260 g/mol. The zero-order chi connectivity index (χ0) is 12.4. The second-order valence-corrected chi connectivity index (χ2v) is 5.66. The minimum absolute atomic E-state index is 0.0918. The zero-order valence-electron chi connectivity index (χ0n) is 8.96. The van der Waals surface area contributed by atoms with Crippen LogP contribution in [0.2, 0.25) is 0 Å². The molecular formula is C9H15F3O3S. The molecule has 0 aliphatic heterocycles. The predicted octanol–water partition coefficient (Wildman–Crippen LogP) is 2.82. The molecule has 7 heteroatoms. The number of hydrogen-bond acceptors (Lipinski definition) is 3. The van der Waals surface area contributed by atoms with Gasteiger partial charge in [-0.3, -0.25) is 4.18 Å². The molecule has 0 amide bonds. The average Bonchev–Trinajstić information content (AvgIpc) is 2.16. The lowest BCUT2D eigenvalue weighted by Crippen LogP contribution is -2.33. The Morgan fingerprint density at radius 1 is 1.19 bits per heavy atom. The van der Waals surface area contributed by atoms with Crippen molar-refractivity contribution >= 4 is 10.1 Å². The largest absolute Gasteiger partial charge is 0.523 e. The van der Waals surface area contributed by atoms with Gasteiger partial charge in [-0.15, -0.1) is 0 Å². The third-order valence-corrected chi connectivity index (χ3v) is 4.00. The third-order valence-electron chi connectivity index (χ3n) is 2.88. The van der Waals surface area contributed by atoms with Crippen LogP contribution in [-0.2, 0) is 14.3 Å². The molecule has 1 aliphatic rings. The highest BCUT2D eigenvalue weighted by atomic mass is 32.2. The van der Waals surface area contributed by atoms with E-state index < -0.39 is 21.7 Å². The van der Waals surface area contributed by atoms with E-state index in [9.17, 15) is 21.6 Å². The molecule has 1 unspecified atom stereocenters. The van der Waals surface area contributed by atoms with Gasteiger partial charge in [0.2, 0.25) is 0 Å². The Morgan fingerprint density at radius 2 is 1.69 bits per heavy atom. The number of rotatable bonds is 3. The summed E-state index contributed by atoms with van der Waals surface area (Å²) >= 11 is 0. The Morgan fingerprint density at radius 3 is 2.12 bits per heavy atom. The van der Waals surface area contributed by atoms with Crippen molar-refractivity contribution in [3.05, 3.63) is 0 Å². The fourth-order valence-electron chi connectivity index (χ4n) is 1.94. The normalized spacial score (nSPS) is 22.0. The summed E-state index contributed by atoms with van der Waals surface area (Å²) in [6, 6.07) is 0. The molecule has 0 N–H and O–H groups in total. The molecule has 0 spiro atoms. The quantitative estimate of drug-likeness (QED) is 0.579. The van der Waals surface area contributed by atoms with E-state index in [1.165, 1.54) is 6.92 Å². The van der Waals surface area contributed by atoms with Crippen molar-refractivity contribution in [2.75, 3.05) is 0 Å². The molecule has 3 nitrogen and oxygen atoms in total. The maximum Gasteiger partial charge on any atom is 0.523 e. The van der Waals surface area contributed by atoms with E-state index in [1.54, 1.807) is 0 Å². The number of hydrogen-bond donors (Lipinski definition) is 0. The minimum atomic E-state index is -5.45. The van der Waals surface area contributed by atoms with Crippen LogP contribution in [0.25, 0.3) is 0 Å². The van der Waals surface area contributed by atoms with E-state index in [4.69, 9.17) is 0 Å². The second kappa shape index (κ2) is 4.91. The molecule has 1 fully saturated rings. The molecule has 0 aromatic heterocycles. The monoisotopic (exact) mass is 260 g/mol. The van der Waals surface area contributed by atoms with Gasteiger partial charge in [0.1, 0.15) is 0 Å². The fourth-order valence-corrected chi connectivity index (χ4v) is 2.60. The van der Waals surface area contributed by atoms with Gasteiger partial charge in [0.25, 0.3) is 0 Å². The van der Waals surface area contributed by atoms with Crippen molar-refractivity contribution in [3.63, 3.8) is 0 Å². The minimum Gasteiger partial charge on any atom is -0.260 e. The van der Waals surface area contributed by atoms with E-state index in [2.05, 4.69) is 4.18 Å². The maximum atomic E-state index is 12.0. The van der Waals surface area contributed by atoms with Crippen LogP contribution in [0.4, 0.5) is 13.2 Å². The van der Waals surface area contributed by atoms with Gasteiger partial charge in [0.05, 0.1) is 6.10 Å². The topological polar surface area (TPSA) is 43.4 Å². The third kappa shape index (κ3) is 3.35. The molecule has 16 heavy (non-hydrogen) atoms. The fraction of sp³-hybridized carbons (Fsp3) is 1.00. The van der Waals surface area contributed by atoms with Crippen molar-refractivity contribution in [3.8, 4) is 0 Å². The molecule has 0 aromatic rings. The SMILES string of the molecule is CC(OS(=O)(=O)C(F)(F)F)C1CCCCC1. The Bertz CT molecular complexity index is 317. The molecule has 1 aliphatic carbocycles. The molecule has 96 valence electrons. The Labute approximate surface area is 93.1 Å². The number of alkyl halides is 3. The summed E-state index contributed by atoms with van der Waals surface area (Å²) in [4.78, 5) is 0. The summed E-state index contributed by atoms with van der Waals surface area (Å²) in [5, 5.41) is 0. The molecule has 1 atom stereocenters. The van der Waals surface area contributed by atoms with Crippen molar-refractivity contribution in [2.24, 2.45) is 5.92 Å². The summed E-state index contributed by atoms with van der Waals surface area (Å²) in [7, 11) is -5.45. The first-order valence-electron chi connectivity index (χ1n) is 5.23. The highest BCUT2D eigenvalue weighted by molar-refractivity contribution is 7.87. The summed E-state index contributed by atoms with van der Waals surface area (Å²) < 4.78 is 61.8. The van der Waals surface area contributed by atoms with Gasteiger partial charge in [-0.05, 0) is 25.7 Å². The number of halogens is 3. The Balaban J connectivity index is 2.60. The lowest BCUT2D eigenvalue weighted by molar-refractivity contribution is -0.0593. The van der Waals surface area contributed by atoms with Crippen LogP contribution in [-0.4, -0.2) is 20.0 Å². The zero-order valence-corrected chi connectivity index (χ0v) is 9.77. The highest BCUT2D eigenvalue weighted by Gasteiger charge is 2.48. The first-order chi connectivity index (χ1) is 7.24. The van der Waals surface area contributed by atoms with Crippen LogP contribution in [0.5, 0.6) is 0 Å². The highest BCUT2D eigenvalue weighted by Crippen LogP contribution is 2.32. The smallest absolute Gasteiger partial charge is 0.260 e. The standard InChI is InChI=1S/C9H15F3O3S/c1-7(8-5-3-2-4-6-8)15-16(13,14)9(10,11)12/h7-8H,2-6H2,1H3. The van der Waals surface area contributed by atoms with Gasteiger partial charge < -0.3 is 0 Å². The lowest BCUT2D eigenvalue weighted by atomic mass is 9.86. The molecular weight excluding hydrogens is 245 g/mol. The van der Waals surface area contributed by atoms with Gasteiger partial charge in [0.15, 0.2) is 0 Å². The summed E-state index contributed by atoms with van der Waals surface area (Å²) in [6.07, 6.45) is 3.46. The van der Waals surface area contributed by atoms with Crippen LogP contribution >= 0.6 is 0 Å². The van der Waals surface area contributed by atoms with E-state index in [-0.39, 0.29) is 5.92 Å². The maximum absolute atomic E-state index is 12.0. The van der Waals surface area contributed by atoms with Crippen molar-refractivity contribution in [1.29, 1.82) is 0 Å². The van der Waals surface area contributed by atoms with Gasteiger partial charge in [-0.2, -0.15) is 21.6 Å². The molecule has 0 radical (unpaired) electrons. The van der Waals surface area contributed by atoms with Crippen molar-refractivity contribution in [2.45, 2.75) is 50.6 Å². The van der Waals surface area contributed by atoms with Crippen LogP contribution in [0, 0.1) is 5.92 Å².